The lowest BCUT2D eigenvalue weighted by molar-refractivity contribution is 0.400. The third-order valence-electron chi connectivity index (χ3n) is 4.82. The van der Waals surface area contributed by atoms with E-state index in [1.807, 2.05) is 0 Å². The van der Waals surface area contributed by atoms with Crippen molar-refractivity contribution >= 4 is 0 Å². The van der Waals surface area contributed by atoms with E-state index in [2.05, 4.69) is 72.9 Å². The molecule has 0 heterocycles. The van der Waals surface area contributed by atoms with Gasteiger partial charge >= 0.3 is 0 Å². The van der Waals surface area contributed by atoms with E-state index in [1.54, 1.807) is 0 Å². The molecule has 1 saturated carbocycles. The predicted octanol–water partition coefficient (Wildman–Crippen LogP) is 4.33. The van der Waals surface area contributed by atoms with E-state index in [0.29, 0.717) is 11.5 Å². The highest BCUT2D eigenvalue weighted by Crippen LogP contribution is 2.51. The SMILES string of the molecule is CCNC(CCc1ccccc1)C1(c2ccccc2)CC1. The highest BCUT2D eigenvalue weighted by atomic mass is 14.9. The molecule has 0 bridgehead atoms. The first-order valence-electron chi connectivity index (χ1n) is 8.18. The molecule has 1 aliphatic rings. The van der Waals surface area contributed by atoms with E-state index < -0.39 is 0 Å². The molecule has 2 aromatic rings. The second-order valence-electron chi connectivity index (χ2n) is 6.16. The standard InChI is InChI=1S/C20H25N/c1-2-21-19(14-13-17-9-5-3-6-10-17)20(15-16-20)18-11-7-4-8-12-18/h3-12,19,21H,2,13-16H2,1H3. The summed E-state index contributed by atoms with van der Waals surface area (Å²) in [5.74, 6) is 0. The van der Waals surface area contributed by atoms with Gasteiger partial charge in [0, 0.05) is 11.5 Å². The van der Waals surface area contributed by atoms with Crippen LogP contribution >= 0.6 is 0 Å². The molecule has 0 saturated heterocycles. The number of aryl methyl sites for hydroxylation is 1. The minimum absolute atomic E-state index is 0.381. The number of hydrogen-bond acceptors (Lipinski definition) is 1. The van der Waals surface area contributed by atoms with Crippen LogP contribution in [0.15, 0.2) is 60.7 Å². The largest absolute Gasteiger partial charge is 0.313 e. The van der Waals surface area contributed by atoms with Crippen LogP contribution in [0, 0.1) is 0 Å². The first-order chi connectivity index (χ1) is 10.3. The molecule has 110 valence electrons. The van der Waals surface area contributed by atoms with Gasteiger partial charge in [0.15, 0.2) is 0 Å². The Balaban J connectivity index is 1.73. The monoisotopic (exact) mass is 279 g/mol. The highest BCUT2D eigenvalue weighted by molar-refractivity contribution is 5.34. The zero-order valence-corrected chi connectivity index (χ0v) is 12.9. The van der Waals surface area contributed by atoms with Crippen molar-refractivity contribution < 1.29 is 0 Å². The van der Waals surface area contributed by atoms with Gasteiger partial charge in [-0.05, 0) is 43.4 Å². The summed E-state index contributed by atoms with van der Waals surface area (Å²) in [6.45, 7) is 3.27. The van der Waals surface area contributed by atoms with Crippen molar-refractivity contribution in [3.05, 3.63) is 71.8 Å². The summed E-state index contributed by atoms with van der Waals surface area (Å²) >= 11 is 0. The Labute approximate surface area is 128 Å². The third kappa shape index (κ3) is 3.19. The van der Waals surface area contributed by atoms with Crippen molar-refractivity contribution in [2.45, 2.75) is 44.1 Å². The molecular weight excluding hydrogens is 254 g/mol. The fourth-order valence-electron chi connectivity index (χ4n) is 3.52. The number of likely N-dealkylation sites (N-methyl/N-ethyl adjacent to an activating group) is 1. The van der Waals surface area contributed by atoms with Crippen molar-refractivity contribution in [3.63, 3.8) is 0 Å². The molecule has 1 atom stereocenters. The lowest BCUT2D eigenvalue weighted by Gasteiger charge is -2.28. The van der Waals surface area contributed by atoms with Crippen LogP contribution in [0.1, 0.15) is 37.3 Å². The molecule has 1 nitrogen and oxygen atoms in total. The van der Waals surface area contributed by atoms with Crippen molar-refractivity contribution in [2.24, 2.45) is 0 Å². The zero-order chi connectivity index (χ0) is 14.5. The number of nitrogens with one attached hydrogen (secondary N) is 1. The van der Waals surface area contributed by atoms with E-state index in [-0.39, 0.29) is 0 Å². The molecule has 1 unspecified atom stereocenters. The van der Waals surface area contributed by atoms with Gasteiger partial charge in [0.05, 0.1) is 0 Å². The summed E-state index contributed by atoms with van der Waals surface area (Å²) in [4.78, 5) is 0. The molecule has 1 aliphatic carbocycles. The normalized spacial score (nSPS) is 17.4. The second kappa shape index (κ2) is 6.44. The molecular formula is C20H25N. The molecule has 0 aromatic heterocycles. The van der Waals surface area contributed by atoms with Gasteiger partial charge in [0.25, 0.3) is 0 Å². The molecule has 0 radical (unpaired) electrons. The van der Waals surface area contributed by atoms with Crippen LogP contribution in [0.2, 0.25) is 0 Å². The Kier molecular flexibility index (Phi) is 4.40. The van der Waals surface area contributed by atoms with Crippen molar-refractivity contribution in [2.75, 3.05) is 6.54 Å². The summed E-state index contributed by atoms with van der Waals surface area (Å²) in [5, 5.41) is 3.75. The van der Waals surface area contributed by atoms with E-state index in [0.717, 1.165) is 13.0 Å². The van der Waals surface area contributed by atoms with Crippen LogP contribution in [0.5, 0.6) is 0 Å². The quantitative estimate of drug-likeness (QED) is 0.795. The minimum atomic E-state index is 0.381. The van der Waals surface area contributed by atoms with Gasteiger partial charge in [-0.1, -0.05) is 67.6 Å². The maximum atomic E-state index is 3.75. The Hall–Kier alpha value is -1.60. The second-order valence-corrected chi connectivity index (χ2v) is 6.16. The molecule has 3 rings (SSSR count). The number of rotatable bonds is 7. The average molecular weight is 279 g/mol. The van der Waals surface area contributed by atoms with Gasteiger partial charge in [0.1, 0.15) is 0 Å². The van der Waals surface area contributed by atoms with Crippen LogP contribution in [-0.4, -0.2) is 12.6 Å². The molecule has 0 amide bonds. The van der Waals surface area contributed by atoms with Gasteiger partial charge < -0.3 is 5.32 Å². The lowest BCUT2D eigenvalue weighted by Crippen LogP contribution is -2.40. The summed E-state index contributed by atoms with van der Waals surface area (Å²) in [5.41, 5.74) is 3.35. The number of hydrogen-bond donors (Lipinski definition) is 1. The van der Waals surface area contributed by atoms with E-state index in [4.69, 9.17) is 0 Å². The first kappa shape index (κ1) is 14.3. The summed E-state index contributed by atoms with van der Waals surface area (Å²) in [6.07, 6.45) is 5.02. The fourth-order valence-corrected chi connectivity index (χ4v) is 3.52. The molecule has 0 aliphatic heterocycles. The topological polar surface area (TPSA) is 12.0 Å². The van der Waals surface area contributed by atoms with Gasteiger partial charge in [-0.2, -0.15) is 0 Å². The van der Waals surface area contributed by atoms with E-state index >= 15 is 0 Å². The van der Waals surface area contributed by atoms with E-state index in [9.17, 15) is 0 Å². The van der Waals surface area contributed by atoms with Crippen LogP contribution < -0.4 is 5.32 Å². The Morgan fingerprint density at radius 2 is 1.57 bits per heavy atom. The van der Waals surface area contributed by atoms with Crippen LogP contribution in [0.4, 0.5) is 0 Å². The van der Waals surface area contributed by atoms with Crippen molar-refractivity contribution in [1.82, 2.24) is 5.32 Å². The van der Waals surface area contributed by atoms with Gasteiger partial charge in [-0.15, -0.1) is 0 Å². The molecule has 21 heavy (non-hydrogen) atoms. The van der Waals surface area contributed by atoms with Crippen LogP contribution in [0.25, 0.3) is 0 Å². The first-order valence-corrected chi connectivity index (χ1v) is 8.18. The van der Waals surface area contributed by atoms with Gasteiger partial charge in [-0.3, -0.25) is 0 Å². The Bertz CT molecular complexity index is 543. The third-order valence-corrected chi connectivity index (χ3v) is 4.82. The zero-order valence-electron chi connectivity index (χ0n) is 12.9. The Morgan fingerprint density at radius 1 is 0.952 bits per heavy atom. The summed E-state index contributed by atoms with van der Waals surface area (Å²) in [6, 6.07) is 22.5. The van der Waals surface area contributed by atoms with Crippen molar-refractivity contribution in [3.8, 4) is 0 Å². The smallest absolute Gasteiger partial charge is 0.0167 e. The van der Waals surface area contributed by atoms with Gasteiger partial charge in [-0.25, -0.2) is 0 Å². The fraction of sp³-hybridized carbons (Fsp3) is 0.400. The highest BCUT2D eigenvalue weighted by Gasteiger charge is 2.49. The molecule has 2 aromatic carbocycles. The van der Waals surface area contributed by atoms with E-state index in [1.165, 1.54) is 30.4 Å². The maximum Gasteiger partial charge on any atom is 0.0167 e. The van der Waals surface area contributed by atoms with Crippen LogP contribution in [-0.2, 0) is 11.8 Å². The minimum Gasteiger partial charge on any atom is -0.313 e. The van der Waals surface area contributed by atoms with Gasteiger partial charge in [0.2, 0.25) is 0 Å². The maximum absolute atomic E-state index is 3.75. The average Bonchev–Trinajstić information content (AvgIpc) is 3.35. The molecule has 1 N–H and O–H groups in total. The lowest BCUT2D eigenvalue weighted by atomic mass is 9.84. The molecule has 1 heteroatoms. The summed E-state index contributed by atoms with van der Waals surface area (Å²) in [7, 11) is 0. The predicted molar refractivity (Wildman–Crippen MR) is 89.6 cm³/mol. The van der Waals surface area contributed by atoms with Crippen LogP contribution in [0.3, 0.4) is 0 Å². The van der Waals surface area contributed by atoms with Crippen molar-refractivity contribution in [1.29, 1.82) is 0 Å². The number of benzene rings is 2. The summed E-state index contributed by atoms with van der Waals surface area (Å²) < 4.78 is 0. The molecule has 1 fully saturated rings. The molecule has 0 spiro atoms. The Morgan fingerprint density at radius 3 is 2.14 bits per heavy atom.